The molecule has 0 bridgehead atoms. The van der Waals surface area contributed by atoms with Crippen LogP contribution in [0.15, 0.2) is 46.1 Å². The van der Waals surface area contributed by atoms with Gasteiger partial charge in [-0.15, -0.1) is 22.7 Å². The SMILES string of the molecule is COC(=O)/C=c1\sc2n(c1=O)C(N)=C(C#N)[C@@H](c1cccs1)C=2C(=O)Nc1ccc(C)cc1C. The molecule has 4 rings (SSSR count). The molecule has 1 aliphatic heterocycles. The van der Waals surface area contributed by atoms with Crippen molar-refractivity contribution in [1.82, 2.24) is 4.57 Å². The third-order valence-corrected chi connectivity index (χ3v) is 7.47. The molecular weight excluding hydrogens is 472 g/mol. The number of thiazole rings is 1. The summed E-state index contributed by atoms with van der Waals surface area (Å²) in [6.45, 7) is 3.84. The summed E-state index contributed by atoms with van der Waals surface area (Å²) in [5.74, 6) is -2.01. The molecule has 8 nitrogen and oxygen atoms in total. The van der Waals surface area contributed by atoms with Gasteiger partial charge in [-0.3, -0.25) is 14.2 Å². The van der Waals surface area contributed by atoms with Crippen molar-refractivity contribution in [2.24, 2.45) is 5.73 Å². The van der Waals surface area contributed by atoms with Crippen molar-refractivity contribution in [3.8, 4) is 6.07 Å². The number of methoxy groups -OCH3 is 1. The highest BCUT2D eigenvalue weighted by molar-refractivity contribution is 7.10. The van der Waals surface area contributed by atoms with Crippen LogP contribution in [0.2, 0.25) is 0 Å². The topological polar surface area (TPSA) is 127 Å². The van der Waals surface area contributed by atoms with Crippen LogP contribution in [0.5, 0.6) is 0 Å². The number of carbonyl (C=O) groups is 2. The number of nitrogens with zero attached hydrogens (tertiary/aromatic N) is 2. The van der Waals surface area contributed by atoms with E-state index in [-0.39, 0.29) is 26.2 Å². The highest BCUT2D eigenvalue weighted by atomic mass is 32.1. The number of allylic oxidation sites excluding steroid dienone is 1. The Morgan fingerprint density at radius 1 is 1.29 bits per heavy atom. The molecule has 0 aliphatic carbocycles. The van der Waals surface area contributed by atoms with Crippen molar-refractivity contribution >= 4 is 57.7 Å². The van der Waals surface area contributed by atoms with Gasteiger partial charge in [0.2, 0.25) is 0 Å². The number of hydrogen-bond donors (Lipinski definition) is 2. The number of nitriles is 1. The van der Waals surface area contributed by atoms with E-state index in [9.17, 15) is 19.6 Å². The number of fused-ring (bicyclic) bond motifs is 1. The van der Waals surface area contributed by atoms with Crippen molar-refractivity contribution in [3.05, 3.63) is 76.8 Å². The summed E-state index contributed by atoms with van der Waals surface area (Å²) in [6.07, 6.45) is 1.05. The molecule has 3 heterocycles. The van der Waals surface area contributed by atoms with E-state index >= 15 is 0 Å². The number of thiophene rings is 1. The number of carbonyl (C=O) groups excluding carboxylic acids is 2. The number of amides is 1. The molecule has 1 atom stereocenters. The lowest BCUT2D eigenvalue weighted by molar-refractivity contribution is -0.133. The maximum Gasteiger partial charge on any atom is 0.332 e. The maximum absolute atomic E-state index is 13.7. The number of aryl methyl sites for hydroxylation is 2. The first-order valence-electron chi connectivity index (χ1n) is 10.1. The summed E-state index contributed by atoms with van der Waals surface area (Å²) in [4.78, 5) is 39.4. The van der Waals surface area contributed by atoms with Crippen LogP contribution >= 0.6 is 22.7 Å². The third kappa shape index (κ3) is 3.96. The summed E-state index contributed by atoms with van der Waals surface area (Å²) in [6, 6.07) is 11.4. The zero-order chi connectivity index (χ0) is 24.6. The summed E-state index contributed by atoms with van der Waals surface area (Å²) in [7, 11) is 1.20. The van der Waals surface area contributed by atoms with E-state index < -0.39 is 23.4 Å². The lowest BCUT2D eigenvalue weighted by Crippen LogP contribution is -2.40. The minimum absolute atomic E-state index is 0.0470. The van der Waals surface area contributed by atoms with Gasteiger partial charge in [0, 0.05) is 16.6 Å². The number of ether oxygens (including phenoxy) is 1. The molecular formula is C24H20N4O4S2. The van der Waals surface area contributed by atoms with Gasteiger partial charge in [-0.2, -0.15) is 5.26 Å². The second kappa shape index (κ2) is 9.13. The van der Waals surface area contributed by atoms with Crippen LogP contribution < -0.4 is 25.8 Å². The van der Waals surface area contributed by atoms with Crippen molar-refractivity contribution in [1.29, 1.82) is 5.26 Å². The van der Waals surface area contributed by atoms with Crippen LogP contribution in [0, 0.1) is 25.2 Å². The van der Waals surface area contributed by atoms with E-state index in [1.165, 1.54) is 18.4 Å². The maximum atomic E-state index is 13.7. The van der Waals surface area contributed by atoms with Crippen molar-refractivity contribution in [2.45, 2.75) is 19.8 Å². The minimum Gasteiger partial charge on any atom is -0.466 e. The van der Waals surface area contributed by atoms with Gasteiger partial charge in [-0.1, -0.05) is 23.8 Å². The molecule has 2 aromatic heterocycles. The second-order valence-corrected chi connectivity index (χ2v) is 9.63. The normalized spacial score (nSPS) is 15.6. The molecule has 0 saturated carbocycles. The Bertz CT molecular complexity index is 1570. The number of hydrogen-bond acceptors (Lipinski definition) is 8. The molecule has 3 aromatic rings. The lowest BCUT2D eigenvalue weighted by atomic mass is 9.88. The number of aromatic nitrogens is 1. The number of nitrogens with two attached hydrogens (primary N) is 1. The van der Waals surface area contributed by atoms with E-state index in [1.807, 2.05) is 43.5 Å². The zero-order valence-corrected chi connectivity index (χ0v) is 20.2. The molecule has 0 saturated heterocycles. The van der Waals surface area contributed by atoms with Crippen LogP contribution in [0.4, 0.5) is 5.69 Å². The van der Waals surface area contributed by atoms with Crippen LogP contribution in [0.25, 0.3) is 17.5 Å². The molecule has 1 aliphatic rings. The van der Waals surface area contributed by atoms with E-state index in [2.05, 4.69) is 16.1 Å². The molecule has 172 valence electrons. The Hall–Kier alpha value is -3.94. The van der Waals surface area contributed by atoms with E-state index in [4.69, 9.17) is 5.73 Å². The van der Waals surface area contributed by atoms with Crippen LogP contribution in [0.1, 0.15) is 21.9 Å². The summed E-state index contributed by atoms with van der Waals surface area (Å²) in [5.41, 5.74) is 8.52. The Kier molecular flexibility index (Phi) is 6.24. The number of benzene rings is 1. The largest absolute Gasteiger partial charge is 0.466 e. The standard InChI is InChI=1S/C24H20N4O4S2/c1-12-6-7-15(13(2)9-12)27-22(30)20-19(16-5-4-8-33-16)14(11-25)21(26)28-23(31)17(34-24(20)28)10-18(29)32-3/h4-10,19H,26H2,1-3H3,(H,27,30)/b17-10-/t19-/m0/s1. The van der Waals surface area contributed by atoms with Gasteiger partial charge in [0.1, 0.15) is 15.0 Å². The van der Waals surface area contributed by atoms with E-state index in [0.29, 0.717) is 5.69 Å². The molecule has 1 aromatic carbocycles. The number of esters is 1. The molecule has 0 fully saturated rings. The predicted molar refractivity (Wildman–Crippen MR) is 132 cm³/mol. The number of nitrogens with one attached hydrogen (secondary N) is 1. The fraction of sp³-hybridized carbons (Fsp3) is 0.167. The molecule has 10 heteroatoms. The van der Waals surface area contributed by atoms with Gasteiger partial charge in [0.25, 0.3) is 11.5 Å². The number of rotatable bonds is 4. The van der Waals surface area contributed by atoms with E-state index in [0.717, 1.165) is 38.0 Å². The molecule has 0 spiro atoms. The van der Waals surface area contributed by atoms with Crippen LogP contribution in [-0.2, 0) is 14.3 Å². The molecule has 1 amide bonds. The molecule has 34 heavy (non-hydrogen) atoms. The first kappa shape index (κ1) is 23.2. The Morgan fingerprint density at radius 2 is 2.06 bits per heavy atom. The molecule has 0 radical (unpaired) electrons. The number of anilines is 1. The zero-order valence-electron chi connectivity index (χ0n) is 18.5. The molecule has 0 unspecified atom stereocenters. The lowest BCUT2D eigenvalue weighted by Gasteiger charge is -2.24. The quantitative estimate of drug-likeness (QED) is 0.535. The van der Waals surface area contributed by atoms with Crippen LogP contribution in [-0.4, -0.2) is 23.6 Å². The smallest absolute Gasteiger partial charge is 0.332 e. The summed E-state index contributed by atoms with van der Waals surface area (Å²) in [5, 5.41) is 14.7. The predicted octanol–water partition coefficient (Wildman–Crippen LogP) is 1.78. The minimum atomic E-state index is -0.764. The Balaban J connectivity index is 2.03. The van der Waals surface area contributed by atoms with Gasteiger partial charge >= 0.3 is 5.97 Å². The first-order chi connectivity index (χ1) is 16.3. The van der Waals surface area contributed by atoms with Crippen LogP contribution in [0.3, 0.4) is 0 Å². The fourth-order valence-corrected chi connectivity index (χ4v) is 5.80. The first-order valence-corrected chi connectivity index (χ1v) is 11.8. The summed E-state index contributed by atoms with van der Waals surface area (Å²) < 4.78 is 6.08. The van der Waals surface area contributed by atoms with Gasteiger partial charge in [-0.05, 0) is 36.9 Å². The third-order valence-electron chi connectivity index (χ3n) is 5.42. The average Bonchev–Trinajstić information content (AvgIpc) is 3.44. The molecule has 3 N–H and O–H groups in total. The van der Waals surface area contributed by atoms with Gasteiger partial charge < -0.3 is 15.8 Å². The fourth-order valence-electron chi connectivity index (χ4n) is 3.82. The highest BCUT2D eigenvalue weighted by Crippen LogP contribution is 2.38. The monoisotopic (exact) mass is 492 g/mol. The second-order valence-electron chi connectivity index (χ2n) is 7.62. The Labute approximate surface area is 202 Å². The van der Waals surface area contributed by atoms with Crippen molar-refractivity contribution < 1.29 is 14.3 Å². The highest BCUT2D eigenvalue weighted by Gasteiger charge is 2.36. The average molecular weight is 493 g/mol. The van der Waals surface area contributed by atoms with Gasteiger partial charge in [0.05, 0.1) is 30.2 Å². The van der Waals surface area contributed by atoms with Gasteiger partial charge in [-0.25, -0.2) is 4.79 Å². The van der Waals surface area contributed by atoms with Gasteiger partial charge in [0.15, 0.2) is 0 Å². The Morgan fingerprint density at radius 3 is 2.68 bits per heavy atom. The summed E-state index contributed by atoms with van der Waals surface area (Å²) >= 11 is 2.33. The van der Waals surface area contributed by atoms with Crippen molar-refractivity contribution in [2.75, 3.05) is 12.4 Å². The van der Waals surface area contributed by atoms with E-state index in [1.54, 1.807) is 6.07 Å². The van der Waals surface area contributed by atoms with Crippen molar-refractivity contribution in [3.63, 3.8) is 0 Å².